The number of nitrogens with zero attached hydrogens (tertiary/aromatic N) is 1. The van der Waals surface area contributed by atoms with Crippen molar-refractivity contribution in [1.29, 1.82) is 0 Å². The van der Waals surface area contributed by atoms with Gasteiger partial charge in [-0.1, -0.05) is 0 Å². The first-order chi connectivity index (χ1) is 9.09. The second-order valence-electron chi connectivity index (χ2n) is 4.22. The first kappa shape index (κ1) is 14.1. The van der Waals surface area contributed by atoms with Gasteiger partial charge in [0, 0.05) is 32.2 Å². The van der Waals surface area contributed by atoms with E-state index in [0.717, 1.165) is 13.1 Å². The van der Waals surface area contributed by atoms with Crippen molar-refractivity contribution >= 4 is 5.69 Å². The van der Waals surface area contributed by atoms with Crippen LogP contribution in [0.3, 0.4) is 0 Å². The Hall–Kier alpha value is -1.34. The molecule has 0 radical (unpaired) electrons. The zero-order valence-corrected chi connectivity index (χ0v) is 10.2. The zero-order valence-electron chi connectivity index (χ0n) is 10.2. The number of halogens is 4. The van der Waals surface area contributed by atoms with Crippen molar-refractivity contribution in [3.63, 3.8) is 0 Å². The molecule has 1 aliphatic heterocycles. The van der Waals surface area contributed by atoms with E-state index in [4.69, 9.17) is 4.74 Å². The Balaban J connectivity index is 1.95. The second-order valence-corrected chi connectivity index (χ2v) is 4.22. The monoisotopic (exact) mass is 278 g/mol. The van der Waals surface area contributed by atoms with Crippen molar-refractivity contribution in [1.82, 2.24) is 4.90 Å². The molecule has 1 fully saturated rings. The number of benzene rings is 1. The molecule has 0 atom stereocenters. The second kappa shape index (κ2) is 6.21. The molecule has 3 nitrogen and oxygen atoms in total. The van der Waals surface area contributed by atoms with Crippen LogP contribution in [0.4, 0.5) is 23.2 Å². The molecule has 106 valence electrons. The molecule has 1 saturated heterocycles. The Morgan fingerprint density at radius 3 is 2.21 bits per heavy atom. The summed E-state index contributed by atoms with van der Waals surface area (Å²) in [5.74, 6) is -5.62. The van der Waals surface area contributed by atoms with Crippen LogP contribution in [0.5, 0.6) is 0 Å². The summed E-state index contributed by atoms with van der Waals surface area (Å²) in [6.45, 7) is 3.38. The van der Waals surface area contributed by atoms with E-state index in [0.29, 0.717) is 19.8 Å². The number of nitrogens with one attached hydrogen (secondary N) is 1. The minimum absolute atomic E-state index is 0.191. The summed E-state index contributed by atoms with van der Waals surface area (Å²) in [4.78, 5) is 2.03. The zero-order chi connectivity index (χ0) is 13.8. The molecule has 1 aromatic carbocycles. The molecule has 0 spiro atoms. The van der Waals surface area contributed by atoms with Gasteiger partial charge >= 0.3 is 0 Å². The fourth-order valence-electron chi connectivity index (χ4n) is 1.89. The molecule has 0 bridgehead atoms. The highest BCUT2D eigenvalue weighted by Crippen LogP contribution is 2.23. The molecule has 1 N–H and O–H groups in total. The molecule has 0 amide bonds. The summed E-state index contributed by atoms with van der Waals surface area (Å²) >= 11 is 0. The quantitative estimate of drug-likeness (QED) is 0.673. The highest BCUT2D eigenvalue weighted by Gasteiger charge is 2.19. The van der Waals surface area contributed by atoms with Crippen LogP contribution in [0, 0.1) is 23.3 Å². The van der Waals surface area contributed by atoms with E-state index < -0.39 is 29.0 Å². The maximum absolute atomic E-state index is 13.3. The van der Waals surface area contributed by atoms with Crippen LogP contribution in [0.2, 0.25) is 0 Å². The fourth-order valence-corrected chi connectivity index (χ4v) is 1.89. The van der Waals surface area contributed by atoms with Gasteiger partial charge in [0.2, 0.25) is 0 Å². The van der Waals surface area contributed by atoms with Gasteiger partial charge in [0.05, 0.1) is 13.2 Å². The Bertz CT molecular complexity index is 424. The standard InChI is InChI=1S/C12H14F4N2O/c13-8-7-9(14)11(16)12(10(8)15)17-1-2-18-3-5-19-6-4-18/h7,17H,1-6H2. The van der Waals surface area contributed by atoms with Gasteiger partial charge in [0.1, 0.15) is 5.69 Å². The summed E-state index contributed by atoms with van der Waals surface area (Å²) in [5, 5.41) is 2.40. The normalized spacial score (nSPS) is 16.6. The van der Waals surface area contributed by atoms with Crippen LogP contribution in [0.1, 0.15) is 0 Å². The van der Waals surface area contributed by atoms with Gasteiger partial charge in [-0.15, -0.1) is 0 Å². The van der Waals surface area contributed by atoms with E-state index in [9.17, 15) is 17.6 Å². The van der Waals surface area contributed by atoms with E-state index >= 15 is 0 Å². The molecular weight excluding hydrogens is 264 g/mol. The van der Waals surface area contributed by atoms with Crippen LogP contribution in [-0.4, -0.2) is 44.3 Å². The first-order valence-corrected chi connectivity index (χ1v) is 5.96. The highest BCUT2D eigenvalue weighted by molar-refractivity contribution is 5.47. The molecule has 1 aromatic rings. The smallest absolute Gasteiger partial charge is 0.185 e. The summed E-state index contributed by atoms with van der Waals surface area (Å²) < 4.78 is 57.7. The SMILES string of the molecule is Fc1cc(F)c(F)c(NCCN2CCOCC2)c1F. The van der Waals surface area contributed by atoms with E-state index in [1.54, 1.807) is 0 Å². The molecular formula is C12H14F4N2O. The van der Waals surface area contributed by atoms with E-state index in [1.165, 1.54) is 0 Å². The third-order valence-electron chi connectivity index (χ3n) is 2.95. The lowest BCUT2D eigenvalue weighted by atomic mass is 10.2. The van der Waals surface area contributed by atoms with E-state index in [2.05, 4.69) is 5.32 Å². The summed E-state index contributed by atoms with van der Waals surface area (Å²) in [7, 11) is 0. The van der Waals surface area contributed by atoms with Crippen molar-refractivity contribution in [3.8, 4) is 0 Å². The lowest BCUT2D eigenvalue weighted by Gasteiger charge is -2.26. The lowest BCUT2D eigenvalue weighted by Crippen LogP contribution is -2.39. The van der Waals surface area contributed by atoms with Gasteiger partial charge in [0.25, 0.3) is 0 Å². The van der Waals surface area contributed by atoms with Gasteiger partial charge in [-0.2, -0.15) is 0 Å². The lowest BCUT2D eigenvalue weighted by molar-refractivity contribution is 0.0398. The molecule has 7 heteroatoms. The van der Waals surface area contributed by atoms with E-state index in [-0.39, 0.29) is 12.6 Å². The summed E-state index contributed by atoms with van der Waals surface area (Å²) in [6, 6.07) is 0.192. The van der Waals surface area contributed by atoms with Crippen LogP contribution in [0.25, 0.3) is 0 Å². The summed E-state index contributed by atoms with van der Waals surface area (Å²) in [5.41, 5.74) is -0.759. The largest absolute Gasteiger partial charge is 0.379 e. The fraction of sp³-hybridized carbons (Fsp3) is 0.500. The molecule has 0 unspecified atom stereocenters. The number of anilines is 1. The minimum Gasteiger partial charge on any atom is -0.379 e. The van der Waals surface area contributed by atoms with Gasteiger partial charge < -0.3 is 10.1 Å². The molecule has 0 aliphatic carbocycles. The Morgan fingerprint density at radius 2 is 1.63 bits per heavy atom. The Labute approximate surface area is 108 Å². The average Bonchev–Trinajstić information content (AvgIpc) is 2.42. The third kappa shape index (κ3) is 3.36. The molecule has 19 heavy (non-hydrogen) atoms. The Kier molecular flexibility index (Phi) is 4.60. The van der Waals surface area contributed by atoms with Crippen LogP contribution >= 0.6 is 0 Å². The molecule has 0 saturated carbocycles. The number of hydrogen-bond donors (Lipinski definition) is 1. The van der Waals surface area contributed by atoms with Crippen LogP contribution in [0.15, 0.2) is 6.07 Å². The van der Waals surface area contributed by atoms with Gasteiger partial charge in [-0.05, 0) is 0 Å². The van der Waals surface area contributed by atoms with Crippen molar-refractivity contribution < 1.29 is 22.3 Å². The average molecular weight is 278 g/mol. The summed E-state index contributed by atoms with van der Waals surface area (Å²) in [6.07, 6.45) is 0. The maximum Gasteiger partial charge on any atom is 0.185 e. The molecule has 1 aliphatic rings. The minimum atomic E-state index is -1.41. The van der Waals surface area contributed by atoms with Crippen LogP contribution < -0.4 is 5.32 Å². The predicted octanol–water partition coefficient (Wildman–Crippen LogP) is 1.99. The molecule has 2 rings (SSSR count). The topological polar surface area (TPSA) is 24.5 Å². The number of ether oxygens (including phenoxy) is 1. The first-order valence-electron chi connectivity index (χ1n) is 5.96. The third-order valence-corrected chi connectivity index (χ3v) is 2.95. The van der Waals surface area contributed by atoms with Crippen molar-refractivity contribution in [3.05, 3.63) is 29.3 Å². The van der Waals surface area contributed by atoms with Gasteiger partial charge in [0.15, 0.2) is 23.3 Å². The highest BCUT2D eigenvalue weighted by atomic mass is 19.2. The Morgan fingerprint density at radius 1 is 1.05 bits per heavy atom. The van der Waals surface area contributed by atoms with Crippen molar-refractivity contribution in [2.45, 2.75) is 0 Å². The number of rotatable bonds is 4. The maximum atomic E-state index is 13.3. The van der Waals surface area contributed by atoms with Gasteiger partial charge in [-0.3, -0.25) is 4.90 Å². The number of hydrogen-bond acceptors (Lipinski definition) is 3. The van der Waals surface area contributed by atoms with Crippen molar-refractivity contribution in [2.75, 3.05) is 44.7 Å². The molecule has 0 aromatic heterocycles. The predicted molar refractivity (Wildman–Crippen MR) is 62.0 cm³/mol. The van der Waals surface area contributed by atoms with E-state index in [1.807, 2.05) is 4.90 Å². The van der Waals surface area contributed by atoms with Crippen molar-refractivity contribution in [2.24, 2.45) is 0 Å². The van der Waals surface area contributed by atoms with Gasteiger partial charge in [-0.25, -0.2) is 17.6 Å². The van der Waals surface area contributed by atoms with Crippen LogP contribution in [-0.2, 0) is 4.74 Å². The molecule has 1 heterocycles. The number of morpholine rings is 1.